The van der Waals surface area contributed by atoms with Crippen LogP contribution in [0.2, 0.25) is 0 Å². The minimum Gasteiger partial charge on any atom is -0.311 e. The van der Waals surface area contributed by atoms with Crippen molar-refractivity contribution in [1.82, 2.24) is 0 Å². The molecule has 15 aromatic rings. The standard InChI is InChI=1S/C135H144N2/c1-9-15-21-25-27-31-85-133(86-32-28-26-22-16-10-2)127-91-107(57-81-121(127)122-82-59-109(92-128(122)133)110-60-84-125-123-79-37-95(7)87-129(123)134(131(125)94-110,111-61-39-99(40-62-111)35-29-23-17-11-3)112-63-41-100(42-64-112)36-30-24-18-12-4)103-53-71-117(72-54-103)137(120-77-75-119(76-78-120)136(115-67-43-97(44-68-115)33-19-13-5)116-69-45-98(46-70-116)34-20-14-6)118-73-55-104(56-74-118)108-58-83-126-124-80-38-96(8)88-130(124)135(132(126)93-108,113-65-51-101-47-49-105(101)89-113)114-66-52-102-48-50-106(102)90-114/h37-46,51-84,87-94H,9-36,47-50,85-86H2,1-8H3. The van der Waals surface area contributed by atoms with Crippen molar-refractivity contribution in [2.24, 2.45) is 0 Å². The van der Waals surface area contributed by atoms with E-state index in [9.17, 15) is 0 Å². The summed E-state index contributed by atoms with van der Waals surface area (Å²) < 4.78 is 0. The fourth-order valence-electron chi connectivity index (χ4n) is 24.6. The van der Waals surface area contributed by atoms with E-state index in [2.05, 4.69) is 381 Å². The molecule has 0 aromatic heterocycles. The van der Waals surface area contributed by atoms with E-state index in [0.29, 0.717) is 0 Å². The van der Waals surface area contributed by atoms with Gasteiger partial charge in [0.1, 0.15) is 0 Å². The highest BCUT2D eigenvalue weighted by Gasteiger charge is 2.50. The number of nitrogens with zero attached hydrogens (tertiary/aromatic N) is 2. The predicted molar refractivity (Wildman–Crippen MR) is 586 cm³/mol. The summed E-state index contributed by atoms with van der Waals surface area (Å²) in [6.45, 7) is 18.5. The number of rotatable bonds is 43. The monoisotopic (exact) mass is 1790 g/mol. The molecular weight excluding hydrogens is 1650 g/mol. The number of anilines is 6. The van der Waals surface area contributed by atoms with Crippen molar-refractivity contribution in [3.05, 3.63) is 427 Å². The smallest absolute Gasteiger partial charge is 0.0714 e. The second-order valence-electron chi connectivity index (χ2n) is 41.6. The van der Waals surface area contributed by atoms with E-state index >= 15 is 0 Å². The zero-order chi connectivity index (χ0) is 93.4. The highest BCUT2D eigenvalue weighted by Crippen LogP contribution is 2.62. The zero-order valence-electron chi connectivity index (χ0n) is 83.5. The maximum atomic E-state index is 2.72. The molecule has 15 aromatic carbocycles. The van der Waals surface area contributed by atoms with E-state index in [1.807, 2.05) is 0 Å². The largest absolute Gasteiger partial charge is 0.311 e. The van der Waals surface area contributed by atoms with Gasteiger partial charge >= 0.3 is 0 Å². The number of hydrogen-bond donors (Lipinski definition) is 0. The summed E-state index contributed by atoms with van der Waals surface area (Å²) in [5, 5.41) is 0. The maximum Gasteiger partial charge on any atom is 0.0714 e. The molecule has 5 aliphatic carbocycles. The Morgan fingerprint density at radius 3 is 0.781 bits per heavy atom. The van der Waals surface area contributed by atoms with Crippen LogP contribution in [0.1, 0.15) is 320 Å². The fraction of sp³-hybridized carbons (Fsp3) is 0.333. The van der Waals surface area contributed by atoms with Crippen molar-refractivity contribution >= 4 is 34.1 Å². The lowest BCUT2D eigenvalue weighted by atomic mass is 9.65. The van der Waals surface area contributed by atoms with Gasteiger partial charge in [0, 0.05) is 39.5 Å². The van der Waals surface area contributed by atoms with Crippen molar-refractivity contribution < 1.29 is 0 Å². The highest BCUT2D eigenvalue weighted by atomic mass is 15.2. The Morgan fingerprint density at radius 1 is 0.197 bits per heavy atom. The minimum atomic E-state index is -0.518. The molecule has 2 heteroatoms. The normalized spacial score (nSPS) is 13.9. The van der Waals surface area contributed by atoms with Crippen LogP contribution in [0, 0.1) is 13.8 Å². The van der Waals surface area contributed by atoms with Crippen LogP contribution in [0.25, 0.3) is 66.8 Å². The molecule has 0 fully saturated rings. The summed E-state index contributed by atoms with van der Waals surface area (Å²) in [7, 11) is 0. The molecule has 0 radical (unpaired) electrons. The molecule has 0 saturated heterocycles. The predicted octanol–water partition coefficient (Wildman–Crippen LogP) is 37.9. The summed E-state index contributed by atoms with van der Waals surface area (Å²) in [6, 6.07) is 127. The van der Waals surface area contributed by atoms with E-state index < -0.39 is 10.8 Å². The molecule has 0 spiro atoms. The molecule has 2 nitrogen and oxygen atoms in total. The quantitative estimate of drug-likeness (QED) is 0.0352. The molecule has 0 aliphatic heterocycles. The Bertz CT molecular complexity index is 6540. The lowest BCUT2D eigenvalue weighted by molar-refractivity contribution is 0.398. The zero-order valence-corrected chi connectivity index (χ0v) is 83.5. The van der Waals surface area contributed by atoms with E-state index in [4.69, 9.17) is 0 Å². The van der Waals surface area contributed by atoms with Gasteiger partial charge < -0.3 is 9.80 Å². The first kappa shape index (κ1) is 92.6. The van der Waals surface area contributed by atoms with E-state index in [0.717, 1.165) is 98.3 Å². The number of fused-ring (bicyclic) bond motifs is 11. The average Bonchev–Trinajstić information content (AvgIpc) is 1.54. The van der Waals surface area contributed by atoms with Crippen molar-refractivity contribution in [2.45, 2.75) is 290 Å². The van der Waals surface area contributed by atoms with Crippen LogP contribution in [0.5, 0.6) is 0 Å². The third-order valence-electron chi connectivity index (χ3n) is 32.5. The molecule has 20 rings (SSSR count). The van der Waals surface area contributed by atoms with Gasteiger partial charge in [-0.15, -0.1) is 0 Å². The fourth-order valence-corrected chi connectivity index (χ4v) is 24.6. The van der Waals surface area contributed by atoms with Gasteiger partial charge in [-0.2, -0.15) is 0 Å². The van der Waals surface area contributed by atoms with Crippen LogP contribution < -0.4 is 9.80 Å². The van der Waals surface area contributed by atoms with Crippen molar-refractivity contribution in [3.8, 4) is 66.8 Å². The molecule has 0 bridgehead atoms. The Balaban J connectivity index is 0.688. The molecule has 0 unspecified atom stereocenters. The summed E-state index contributed by atoms with van der Waals surface area (Å²) in [4.78, 5) is 4.95. The van der Waals surface area contributed by atoms with Crippen molar-refractivity contribution in [1.29, 1.82) is 0 Å². The van der Waals surface area contributed by atoms with Crippen molar-refractivity contribution in [3.63, 3.8) is 0 Å². The molecule has 0 heterocycles. The van der Waals surface area contributed by atoms with E-state index in [1.54, 1.807) is 0 Å². The van der Waals surface area contributed by atoms with Gasteiger partial charge in [-0.05, 0) is 368 Å². The summed E-state index contributed by atoms with van der Waals surface area (Å²) in [6.07, 6.45) is 41.4. The maximum absolute atomic E-state index is 2.72. The van der Waals surface area contributed by atoms with Gasteiger partial charge in [0.2, 0.25) is 0 Å². The molecule has 0 atom stereocenters. The van der Waals surface area contributed by atoms with Crippen LogP contribution in [-0.4, -0.2) is 0 Å². The second kappa shape index (κ2) is 41.7. The summed E-state index contributed by atoms with van der Waals surface area (Å²) in [5.41, 5.74) is 49.8. The second-order valence-corrected chi connectivity index (χ2v) is 41.6. The Labute approximate surface area is 821 Å². The van der Waals surface area contributed by atoms with Gasteiger partial charge in [-0.1, -0.05) is 399 Å². The summed E-state index contributed by atoms with van der Waals surface area (Å²) in [5.74, 6) is 0. The van der Waals surface area contributed by atoms with Crippen LogP contribution in [0.4, 0.5) is 34.1 Å². The van der Waals surface area contributed by atoms with Gasteiger partial charge in [0.25, 0.3) is 0 Å². The lowest BCUT2D eigenvalue weighted by Gasteiger charge is -2.37. The number of benzene rings is 15. The van der Waals surface area contributed by atoms with Gasteiger partial charge in [-0.3, -0.25) is 0 Å². The molecular formula is C135H144N2. The van der Waals surface area contributed by atoms with Crippen LogP contribution in [0.3, 0.4) is 0 Å². The Kier molecular flexibility index (Phi) is 28.2. The van der Waals surface area contributed by atoms with Crippen molar-refractivity contribution in [2.75, 3.05) is 9.80 Å². The van der Waals surface area contributed by atoms with Gasteiger partial charge in [0.15, 0.2) is 0 Å². The molecule has 0 amide bonds. The molecule has 137 heavy (non-hydrogen) atoms. The first-order valence-electron chi connectivity index (χ1n) is 53.8. The SMILES string of the molecule is CCCCCCCCC1(CCCCCCCC)c2cc(-c3ccc(N(c4ccc(-c5ccc6c(c5)C(c5ccc7c(c5)CC7)(c5ccc7c(c5)CC7)c5cc(C)ccc5-6)cc4)c4ccc(N(c5ccc(CCCC)cc5)c5ccc(CCCC)cc5)cc4)cc3)ccc2-c2ccc(-c3ccc4c(c3)C(c3ccc(CCCCCC)cc3)(c3ccc(CCCCCC)cc3)c3cc(C)ccc3-4)cc21. The highest BCUT2D eigenvalue weighted by molar-refractivity contribution is 5.94. The summed E-state index contributed by atoms with van der Waals surface area (Å²) >= 11 is 0. The third-order valence-corrected chi connectivity index (χ3v) is 32.5. The average molecular weight is 1790 g/mol. The molecule has 0 saturated carbocycles. The molecule has 0 N–H and O–H groups in total. The Morgan fingerprint density at radius 2 is 0.445 bits per heavy atom. The minimum absolute atomic E-state index is 0.171. The van der Waals surface area contributed by atoms with Gasteiger partial charge in [0.05, 0.1) is 10.8 Å². The van der Waals surface area contributed by atoms with Crippen LogP contribution >= 0.6 is 0 Å². The van der Waals surface area contributed by atoms with E-state index in [-0.39, 0.29) is 5.41 Å². The number of unbranched alkanes of at least 4 members (excludes halogenated alkanes) is 18. The topological polar surface area (TPSA) is 6.48 Å². The molecule has 694 valence electrons. The van der Waals surface area contributed by atoms with Gasteiger partial charge in [-0.25, -0.2) is 0 Å². The number of hydrogen-bond acceptors (Lipinski definition) is 2. The van der Waals surface area contributed by atoms with E-state index in [1.165, 1.54) is 332 Å². The first-order chi connectivity index (χ1) is 67.4. The first-order valence-corrected chi connectivity index (χ1v) is 53.8. The Hall–Kier alpha value is -12.1. The van der Waals surface area contributed by atoms with Crippen LogP contribution in [-0.2, 0) is 67.6 Å². The molecule has 5 aliphatic rings. The van der Waals surface area contributed by atoms with Crippen LogP contribution in [0.15, 0.2) is 315 Å². The third kappa shape index (κ3) is 18.2. The lowest BCUT2D eigenvalue weighted by Crippen LogP contribution is -2.30. The number of aryl methyl sites for hydroxylation is 10.